The third-order valence-electron chi connectivity index (χ3n) is 4.37. The van der Waals surface area contributed by atoms with Gasteiger partial charge in [-0.1, -0.05) is 43.3 Å². The van der Waals surface area contributed by atoms with E-state index in [4.69, 9.17) is 4.52 Å². The van der Waals surface area contributed by atoms with Gasteiger partial charge in [-0.05, 0) is 37.3 Å². The molecule has 1 heterocycles. The molecule has 1 aromatic heterocycles. The largest absolute Gasteiger partial charge is 0.392 e. The highest BCUT2D eigenvalue weighted by molar-refractivity contribution is 5.54. The summed E-state index contributed by atoms with van der Waals surface area (Å²) in [4.78, 5) is 6.49. The molecule has 0 radical (unpaired) electrons. The van der Waals surface area contributed by atoms with Crippen LogP contribution in [0.2, 0.25) is 0 Å². The average Bonchev–Trinajstić information content (AvgIpc) is 3.28. The van der Waals surface area contributed by atoms with Gasteiger partial charge in [0.1, 0.15) is 0 Å². The van der Waals surface area contributed by atoms with Crippen molar-refractivity contribution in [1.29, 1.82) is 0 Å². The van der Waals surface area contributed by atoms with Crippen molar-refractivity contribution in [2.24, 2.45) is 5.92 Å². The highest BCUT2D eigenvalue weighted by Crippen LogP contribution is 2.32. The summed E-state index contributed by atoms with van der Waals surface area (Å²) < 4.78 is 5.34. The SMILES string of the molecule is CC(C)c1ccc(-c2noc(CN(C)CC(O)C3CC3)n2)cc1. The van der Waals surface area contributed by atoms with Crippen molar-refractivity contribution in [2.45, 2.75) is 45.3 Å². The second-order valence-electron chi connectivity index (χ2n) is 6.89. The molecule has 1 atom stereocenters. The number of hydrogen-bond acceptors (Lipinski definition) is 5. The number of rotatable bonds is 7. The molecular formula is C18H25N3O2. The van der Waals surface area contributed by atoms with Crippen molar-refractivity contribution in [1.82, 2.24) is 15.0 Å². The predicted octanol–water partition coefficient (Wildman–Crippen LogP) is 3.06. The van der Waals surface area contributed by atoms with Crippen LogP contribution in [0.25, 0.3) is 11.4 Å². The van der Waals surface area contributed by atoms with Crippen molar-refractivity contribution in [2.75, 3.05) is 13.6 Å². The van der Waals surface area contributed by atoms with E-state index in [2.05, 4.69) is 36.1 Å². The smallest absolute Gasteiger partial charge is 0.241 e. The Morgan fingerprint density at radius 1 is 1.26 bits per heavy atom. The van der Waals surface area contributed by atoms with Crippen LogP contribution in [0.1, 0.15) is 44.1 Å². The normalized spacial score (nSPS) is 16.3. The summed E-state index contributed by atoms with van der Waals surface area (Å²) in [7, 11) is 1.97. The fourth-order valence-electron chi connectivity index (χ4n) is 2.70. The molecule has 5 nitrogen and oxygen atoms in total. The second-order valence-corrected chi connectivity index (χ2v) is 6.89. The van der Waals surface area contributed by atoms with Crippen LogP contribution in [0.4, 0.5) is 0 Å². The van der Waals surface area contributed by atoms with Gasteiger partial charge < -0.3 is 9.63 Å². The third kappa shape index (κ3) is 4.18. The second kappa shape index (κ2) is 6.81. The van der Waals surface area contributed by atoms with E-state index in [1.54, 1.807) is 0 Å². The fraction of sp³-hybridized carbons (Fsp3) is 0.556. The summed E-state index contributed by atoms with van der Waals surface area (Å²) in [6.45, 7) is 5.55. The van der Waals surface area contributed by atoms with Crippen LogP contribution in [0, 0.1) is 5.92 Å². The minimum atomic E-state index is -0.244. The van der Waals surface area contributed by atoms with Crippen molar-refractivity contribution in [3.05, 3.63) is 35.7 Å². The lowest BCUT2D eigenvalue weighted by Gasteiger charge is -2.18. The van der Waals surface area contributed by atoms with Gasteiger partial charge in [0.15, 0.2) is 0 Å². The van der Waals surface area contributed by atoms with Gasteiger partial charge in [0.2, 0.25) is 11.7 Å². The molecule has 124 valence electrons. The van der Waals surface area contributed by atoms with Crippen molar-refractivity contribution < 1.29 is 9.63 Å². The van der Waals surface area contributed by atoms with E-state index >= 15 is 0 Å². The molecule has 1 N–H and O–H groups in total. The molecule has 1 aromatic carbocycles. The molecule has 3 rings (SSSR count). The van der Waals surface area contributed by atoms with Crippen LogP contribution in [0.3, 0.4) is 0 Å². The Bertz CT molecular complexity index is 632. The average molecular weight is 315 g/mol. The third-order valence-corrected chi connectivity index (χ3v) is 4.37. The fourth-order valence-corrected chi connectivity index (χ4v) is 2.70. The van der Waals surface area contributed by atoms with Crippen molar-refractivity contribution in [3.8, 4) is 11.4 Å². The van der Waals surface area contributed by atoms with Crippen LogP contribution in [0.15, 0.2) is 28.8 Å². The van der Waals surface area contributed by atoms with Crippen LogP contribution in [-0.4, -0.2) is 39.8 Å². The lowest BCUT2D eigenvalue weighted by molar-refractivity contribution is 0.0992. The summed E-state index contributed by atoms with van der Waals surface area (Å²) >= 11 is 0. The van der Waals surface area contributed by atoms with Gasteiger partial charge in [-0.3, -0.25) is 4.90 Å². The minimum absolute atomic E-state index is 0.244. The monoisotopic (exact) mass is 315 g/mol. The Morgan fingerprint density at radius 3 is 2.57 bits per heavy atom. The van der Waals surface area contributed by atoms with E-state index in [-0.39, 0.29) is 6.10 Å². The van der Waals surface area contributed by atoms with Gasteiger partial charge in [0.25, 0.3) is 0 Å². The maximum absolute atomic E-state index is 9.98. The zero-order valence-corrected chi connectivity index (χ0v) is 14.1. The Kier molecular flexibility index (Phi) is 4.78. The maximum atomic E-state index is 9.98. The van der Waals surface area contributed by atoms with Crippen LogP contribution >= 0.6 is 0 Å². The first kappa shape index (κ1) is 16.1. The Morgan fingerprint density at radius 2 is 1.96 bits per heavy atom. The minimum Gasteiger partial charge on any atom is -0.392 e. The molecule has 1 aliphatic carbocycles. The van der Waals surface area contributed by atoms with E-state index < -0.39 is 0 Å². The highest BCUT2D eigenvalue weighted by atomic mass is 16.5. The first-order valence-corrected chi connectivity index (χ1v) is 8.32. The van der Waals surface area contributed by atoms with Gasteiger partial charge in [-0.25, -0.2) is 0 Å². The van der Waals surface area contributed by atoms with Gasteiger partial charge in [-0.15, -0.1) is 0 Å². The molecule has 5 heteroatoms. The number of aromatic nitrogens is 2. The standard InChI is InChI=1S/C18H25N3O2/c1-12(2)13-4-8-15(9-5-13)18-19-17(23-20-18)11-21(3)10-16(22)14-6-7-14/h4-5,8-9,12,14,16,22H,6-7,10-11H2,1-3H3. The molecule has 0 spiro atoms. The summed E-state index contributed by atoms with van der Waals surface area (Å²) in [5.74, 6) is 2.19. The molecule has 23 heavy (non-hydrogen) atoms. The molecule has 0 saturated heterocycles. The number of hydrogen-bond donors (Lipinski definition) is 1. The summed E-state index contributed by atoms with van der Waals surface area (Å²) in [5.41, 5.74) is 2.26. The van der Waals surface area contributed by atoms with Crippen LogP contribution in [-0.2, 0) is 6.54 Å². The van der Waals surface area contributed by atoms with Gasteiger partial charge in [0.05, 0.1) is 12.6 Å². The van der Waals surface area contributed by atoms with E-state index in [0.717, 1.165) is 18.4 Å². The molecule has 2 aromatic rings. The lowest BCUT2D eigenvalue weighted by Crippen LogP contribution is -2.30. The molecule has 1 aliphatic rings. The van der Waals surface area contributed by atoms with Crippen LogP contribution in [0.5, 0.6) is 0 Å². The Hall–Kier alpha value is -1.72. The number of likely N-dealkylation sites (N-methyl/N-ethyl adjacent to an activating group) is 1. The highest BCUT2D eigenvalue weighted by Gasteiger charge is 2.30. The number of benzene rings is 1. The Balaban J connectivity index is 1.60. The predicted molar refractivity (Wildman–Crippen MR) is 88.9 cm³/mol. The van der Waals surface area contributed by atoms with E-state index in [1.807, 2.05) is 24.1 Å². The first-order chi connectivity index (χ1) is 11.0. The van der Waals surface area contributed by atoms with E-state index in [0.29, 0.717) is 36.6 Å². The van der Waals surface area contributed by atoms with E-state index in [9.17, 15) is 5.11 Å². The molecule has 0 aliphatic heterocycles. The van der Waals surface area contributed by atoms with Gasteiger partial charge >= 0.3 is 0 Å². The lowest BCUT2D eigenvalue weighted by atomic mass is 10.0. The van der Waals surface area contributed by atoms with E-state index in [1.165, 1.54) is 5.56 Å². The quantitative estimate of drug-likeness (QED) is 0.851. The zero-order chi connectivity index (χ0) is 16.4. The summed E-state index contributed by atoms with van der Waals surface area (Å²) in [6.07, 6.45) is 2.05. The molecule has 0 amide bonds. The van der Waals surface area contributed by atoms with Crippen molar-refractivity contribution >= 4 is 0 Å². The van der Waals surface area contributed by atoms with Crippen LogP contribution < -0.4 is 0 Å². The molecule has 1 saturated carbocycles. The van der Waals surface area contributed by atoms with Gasteiger partial charge in [0, 0.05) is 12.1 Å². The molecular weight excluding hydrogens is 290 g/mol. The number of aliphatic hydroxyl groups is 1. The summed E-state index contributed by atoms with van der Waals surface area (Å²) in [6, 6.07) is 8.28. The zero-order valence-electron chi connectivity index (χ0n) is 14.1. The molecule has 1 unspecified atom stereocenters. The Labute approximate surface area is 137 Å². The van der Waals surface area contributed by atoms with Crippen molar-refractivity contribution in [3.63, 3.8) is 0 Å². The molecule has 0 bridgehead atoms. The molecule has 1 fully saturated rings. The topological polar surface area (TPSA) is 62.4 Å². The van der Waals surface area contributed by atoms with Gasteiger partial charge in [-0.2, -0.15) is 4.98 Å². The maximum Gasteiger partial charge on any atom is 0.241 e. The summed E-state index contributed by atoms with van der Waals surface area (Å²) in [5, 5.41) is 14.0. The number of nitrogens with zero attached hydrogens (tertiary/aromatic N) is 3. The first-order valence-electron chi connectivity index (χ1n) is 8.32. The number of aliphatic hydroxyl groups excluding tert-OH is 1.